The number of aromatic nitrogens is 1. The van der Waals surface area contributed by atoms with Crippen LogP contribution in [0.15, 0.2) is 18.3 Å². The fourth-order valence-electron chi connectivity index (χ4n) is 3.18. The van der Waals surface area contributed by atoms with Crippen molar-refractivity contribution >= 4 is 5.82 Å². The second kappa shape index (κ2) is 5.24. The Morgan fingerprint density at radius 1 is 1.28 bits per heavy atom. The second-order valence-corrected chi connectivity index (χ2v) is 5.51. The van der Waals surface area contributed by atoms with Gasteiger partial charge >= 0.3 is 0 Å². The van der Waals surface area contributed by atoms with Gasteiger partial charge in [0.25, 0.3) is 0 Å². The molecule has 0 saturated heterocycles. The van der Waals surface area contributed by atoms with Crippen molar-refractivity contribution < 1.29 is 0 Å². The van der Waals surface area contributed by atoms with E-state index in [1.807, 2.05) is 12.1 Å². The highest BCUT2D eigenvalue weighted by Crippen LogP contribution is 2.41. The first-order chi connectivity index (χ1) is 8.58. The van der Waals surface area contributed by atoms with E-state index < -0.39 is 0 Å². The molecule has 0 aliphatic heterocycles. The Morgan fingerprint density at radius 2 is 1.94 bits per heavy atom. The predicted molar refractivity (Wildman–Crippen MR) is 75.1 cm³/mol. The molecule has 1 aromatic heterocycles. The van der Waals surface area contributed by atoms with Gasteiger partial charge in [-0.25, -0.2) is 4.98 Å². The lowest BCUT2D eigenvalue weighted by Crippen LogP contribution is -2.53. The van der Waals surface area contributed by atoms with E-state index in [1.165, 1.54) is 19.3 Å². The van der Waals surface area contributed by atoms with Crippen LogP contribution >= 0.6 is 0 Å². The molecule has 0 radical (unpaired) electrons. The number of rotatable bonds is 3. The molecule has 1 heterocycles. The quantitative estimate of drug-likeness (QED) is 0.857. The molecule has 1 aliphatic rings. The van der Waals surface area contributed by atoms with Gasteiger partial charge in [0, 0.05) is 17.3 Å². The lowest BCUT2D eigenvalue weighted by Gasteiger charge is -2.47. The Bertz CT molecular complexity index is 397. The lowest BCUT2D eigenvalue weighted by atomic mass is 9.73. The molecule has 4 nitrogen and oxygen atoms in total. The van der Waals surface area contributed by atoms with Crippen molar-refractivity contribution in [2.24, 2.45) is 5.73 Å². The first-order valence-electron chi connectivity index (χ1n) is 6.71. The summed E-state index contributed by atoms with van der Waals surface area (Å²) in [6, 6.07) is 3.85. The number of nitrogens with two attached hydrogens (primary N) is 2. The van der Waals surface area contributed by atoms with Crippen LogP contribution in [0, 0.1) is 0 Å². The van der Waals surface area contributed by atoms with Gasteiger partial charge in [-0.15, -0.1) is 0 Å². The summed E-state index contributed by atoms with van der Waals surface area (Å²) in [5, 5.41) is 0. The smallest absolute Gasteiger partial charge is 0.128 e. The number of pyridine rings is 1. The van der Waals surface area contributed by atoms with Crippen molar-refractivity contribution in [1.82, 2.24) is 9.88 Å². The van der Waals surface area contributed by atoms with Crippen LogP contribution in [0.2, 0.25) is 0 Å². The standard InChI is InChI=1S/C14H24N4/c1-18(2)14(8-4-3-5-9-14)12(15)11-7-6-10-17-13(11)16/h6-7,10,12H,3-5,8-9,15H2,1-2H3,(H2,16,17). The molecule has 1 aromatic rings. The van der Waals surface area contributed by atoms with Crippen LogP contribution in [0.5, 0.6) is 0 Å². The minimum atomic E-state index is -0.0681. The summed E-state index contributed by atoms with van der Waals surface area (Å²) < 4.78 is 0. The van der Waals surface area contributed by atoms with Crippen molar-refractivity contribution in [2.75, 3.05) is 19.8 Å². The van der Waals surface area contributed by atoms with Gasteiger partial charge in [0.1, 0.15) is 5.82 Å². The monoisotopic (exact) mass is 248 g/mol. The molecule has 4 N–H and O–H groups in total. The summed E-state index contributed by atoms with van der Waals surface area (Å²) in [6.45, 7) is 0. The van der Waals surface area contributed by atoms with Crippen molar-refractivity contribution in [3.05, 3.63) is 23.9 Å². The zero-order valence-corrected chi connectivity index (χ0v) is 11.4. The van der Waals surface area contributed by atoms with E-state index in [4.69, 9.17) is 11.5 Å². The van der Waals surface area contributed by atoms with Gasteiger partial charge in [-0.1, -0.05) is 25.3 Å². The maximum atomic E-state index is 6.54. The molecular formula is C14H24N4. The maximum absolute atomic E-state index is 6.54. The summed E-state index contributed by atoms with van der Waals surface area (Å²) in [6.07, 6.45) is 7.78. The Balaban J connectivity index is 2.34. The van der Waals surface area contributed by atoms with Crippen LogP contribution in [0.1, 0.15) is 43.7 Å². The van der Waals surface area contributed by atoms with E-state index in [0.717, 1.165) is 18.4 Å². The summed E-state index contributed by atoms with van der Waals surface area (Å²) in [7, 11) is 4.25. The van der Waals surface area contributed by atoms with E-state index in [0.29, 0.717) is 5.82 Å². The molecule has 1 atom stereocenters. The largest absolute Gasteiger partial charge is 0.383 e. The highest BCUT2D eigenvalue weighted by atomic mass is 15.2. The third-order valence-electron chi connectivity index (χ3n) is 4.40. The molecule has 1 aliphatic carbocycles. The average molecular weight is 248 g/mol. The van der Waals surface area contributed by atoms with E-state index >= 15 is 0 Å². The number of likely N-dealkylation sites (N-methyl/N-ethyl adjacent to an activating group) is 1. The second-order valence-electron chi connectivity index (χ2n) is 5.51. The SMILES string of the molecule is CN(C)C1(C(N)c2cccnc2N)CCCCC1. The van der Waals surface area contributed by atoms with Crippen LogP contribution < -0.4 is 11.5 Å². The number of hydrogen-bond acceptors (Lipinski definition) is 4. The van der Waals surface area contributed by atoms with Crippen LogP contribution in [0.4, 0.5) is 5.82 Å². The Kier molecular flexibility index (Phi) is 3.88. The molecule has 1 saturated carbocycles. The van der Waals surface area contributed by atoms with Crippen molar-refractivity contribution in [2.45, 2.75) is 43.7 Å². The Labute approximate surface area is 109 Å². The van der Waals surface area contributed by atoms with Gasteiger partial charge in [0.2, 0.25) is 0 Å². The predicted octanol–water partition coefficient (Wildman–Crippen LogP) is 1.93. The van der Waals surface area contributed by atoms with Crippen LogP contribution in [-0.2, 0) is 0 Å². The van der Waals surface area contributed by atoms with E-state index in [2.05, 4.69) is 24.0 Å². The van der Waals surface area contributed by atoms with Crippen molar-refractivity contribution in [1.29, 1.82) is 0 Å². The van der Waals surface area contributed by atoms with Gasteiger partial charge in [-0.3, -0.25) is 0 Å². The van der Waals surface area contributed by atoms with Crippen LogP contribution in [0.25, 0.3) is 0 Å². The van der Waals surface area contributed by atoms with Crippen LogP contribution in [-0.4, -0.2) is 29.5 Å². The first-order valence-corrected chi connectivity index (χ1v) is 6.71. The van der Waals surface area contributed by atoms with E-state index in [-0.39, 0.29) is 11.6 Å². The first kappa shape index (κ1) is 13.3. The van der Waals surface area contributed by atoms with Crippen molar-refractivity contribution in [3.8, 4) is 0 Å². The normalized spacial score (nSPS) is 20.9. The highest BCUT2D eigenvalue weighted by Gasteiger charge is 2.41. The third kappa shape index (κ3) is 2.22. The zero-order valence-electron chi connectivity index (χ0n) is 11.4. The number of nitrogen functional groups attached to an aromatic ring is 1. The zero-order chi connectivity index (χ0) is 13.2. The molecule has 18 heavy (non-hydrogen) atoms. The van der Waals surface area contributed by atoms with Gasteiger partial charge in [0.05, 0.1) is 6.04 Å². The summed E-state index contributed by atoms with van der Waals surface area (Å²) in [5.74, 6) is 0.566. The molecular weight excluding hydrogens is 224 g/mol. The molecule has 2 rings (SSSR count). The van der Waals surface area contributed by atoms with Gasteiger partial charge in [0.15, 0.2) is 0 Å². The molecule has 1 fully saturated rings. The number of nitrogens with zero attached hydrogens (tertiary/aromatic N) is 2. The summed E-state index contributed by atoms with van der Waals surface area (Å²) in [5.41, 5.74) is 13.5. The lowest BCUT2D eigenvalue weighted by molar-refractivity contribution is 0.0715. The van der Waals surface area contributed by atoms with E-state index in [9.17, 15) is 0 Å². The molecule has 100 valence electrons. The fourth-order valence-corrected chi connectivity index (χ4v) is 3.18. The molecule has 0 amide bonds. The third-order valence-corrected chi connectivity index (χ3v) is 4.40. The number of anilines is 1. The molecule has 0 bridgehead atoms. The topological polar surface area (TPSA) is 68.2 Å². The number of hydrogen-bond donors (Lipinski definition) is 2. The molecule has 0 spiro atoms. The maximum Gasteiger partial charge on any atom is 0.128 e. The molecule has 0 aromatic carbocycles. The fraction of sp³-hybridized carbons (Fsp3) is 0.643. The Morgan fingerprint density at radius 3 is 2.50 bits per heavy atom. The summed E-state index contributed by atoms with van der Waals surface area (Å²) >= 11 is 0. The van der Waals surface area contributed by atoms with Crippen LogP contribution in [0.3, 0.4) is 0 Å². The minimum absolute atomic E-state index is 0.0232. The Hall–Kier alpha value is -1.13. The van der Waals surface area contributed by atoms with Gasteiger partial charge < -0.3 is 16.4 Å². The van der Waals surface area contributed by atoms with E-state index in [1.54, 1.807) is 6.20 Å². The molecule has 4 heteroatoms. The molecule has 1 unspecified atom stereocenters. The highest BCUT2D eigenvalue weighted by molar-refractivity contribution is 5.42. The minimum Gasteiger partial charge on any atom is -0.383 e. The van der Waals surface area contributed by atoms with Gasteiger partial charge in [-0.2, -0.15) is 0 Å². The summed E-state index contributed by atoms with van der Waals surface area (Å²) in [4.78, 5) is 6.45. The average Bonchev–Trinajstić information content (AvgIpc) is 2.39. The van der Waals surface area contributed by atoms with Gasteiger partial charge in [-0.05, 0) is 33.0 Å². The van der Waals surface area contributed by atoms with Crippen molar-refractivity contribution in [3.63, 3.8) is 0 Å².